The molecule has 1 rings (SSSR count). The molecule has 0 aromatic rings. The molecule has 0 unspecified atom stereocenters. The van der Waals surface area contributed by atoms with Gasteiger partial charge in [-0.05, 0) is 25.2 Å². The van der Waals surface area contributed by atoms with Crippen molar-refractivity contribution in [3.63, 3.8) is 0 Å². The van der Waals surface area contributed by atoms with Crippen molar-refractivity contribution in [1.82, 2.24) is 5.32 Å². The van der Waals surface area contributed by atoms with E-state index in [0.717, 1.165) is 18.4 Å². The van der Waals surface area contributed by atoms with Gasteiger partial charge in [0, 0.05) is 18.0 Å². The van der Waals surface area contributed by atoms with Gasteiger partial charge in [-0.25, -0.2) is 0 Å². The molecule has 2 N–H and O–H groups in total. The van der Waals surface area contributed by atoms with Crippen LogP contribution in [0.25, 0.3) is 0 Å². The van der Waals surface area contributed by atoms with Crippen molar-refractivity contribution in [1.29, 1.82) is 0 Å². The summed E-state index contributed by atoms with van der Waals surface area (Å²) in [4.78, 5) is 11.6. The van der Waals surface area contributed by atoms with E-state index in [1.807, 2.05) is 6.92 Å². The summed E-state index contributed by atoms with van der Waals surface area (Å²) in [5.74, 6) is -0.0489. The number of aliphatic hydroxyl groups is 1. The van der Waals surface area contributed by atoms with Gasteiger partial charge in [-0.1, -0.05) is 26.3 Å². The summed E-state index contributed by atoms with van der Waals surface area (Å²) in [6.45, 7) is 9.00. The van der Waals surface area contributed by atoms with E-state index < -0.39 is 0 Å². The van der Waals surface area contributed by atoms with Crippen molar-refractivity contribution in [2.75, 3.05) is 13.2 Å². The molecule has 0 aromatic heterocycles. The molecule has 16 heavy (non-hydrogen) atoms. The van der Waals surface area contributed by atoms with Crippen molar-refractivity contribution in [3.05, 3.63) is 11.6 Å². The van der Waals surface area contributed by atoms with E-state index in [1.165, 1.54) is 0 Å². The third-order valence-corrected chi connectivity index (χ3v) is 3.46. The van der Waals surface area contributed by atoms with E-state index in [4.69, 9.17) is 5.11 Å². The number of aliphatic hydroxyl groups excluding tert-OH is 1. The topological polar surface area (TPSA) is 49.3 Å². The number of hydrogen-bond acceptors (Lipinski definition) is 2. The Morgan fingerprint density at radius 3 is 2.38 bits per heavy atom. The molecule has 1 fully saturated rings. The minimum atomic E-state index is -0.0489. The van der Waals surface area contributed by atoms with Gasteiger partial charge < -0.3 is 10.4 Å². The van der Waals surface area contributed by atoms with Gasteiger partial charge in [-0.15, -0.1) is 0 Å². The summed E-state index contributed by atoms with van der Waals surface area (Å²) >= 11 is 0. The second-order valence-corrected chi connectivity index (χ2v) is 5.95. The molecule has 0 aliphatic heterocycles. The standard InChI is InChI=1S/C13H23NO2/c1-10(12(2,3)4)7-11(16)14-8-13(9-15)5-6-13/h7,15H,5-6,8-9H2,1-4H3,(H,14,16). The Balaban J connectivity index is 2.42. The zero-order valence-electron chi connectivity index (χ0n) is 10.8. The fourth-order valence-corrected chi connectivity index (χ4v) is 1.31. The van der Waals surface area contributed by atoms with Gasteiger partial charge in [0.25, 0.3) is 0 Å². The highest BCUT2D eigenvalue weighted by molar-refractivity contribution is 5.88. The summed E-state index contributed by atoms with van der Waals surface area (Å²) in [6.07, 6.45) is 3.70. The molecule has 3 heteroatoms. The van der Waals surface area contributed by atoms with Crippen LogP contribution in [-0.4, -0.2) is 24.2 Å². The SMILES string of the molecule is CC(=CC(=O)NCC1(CO)CC1)C(C)(C)C. The van der Waals surface area contributed by atoms with Gasteiger partial charge >= 0.3 is 0 Å². The molecule has 0 saturated heterocycles. The maximum Gasteiger partial charge on any atom is 0.243 e. The van der Waals surface area contributed by atoms with Crippen LogP contribution in [0.15, 0.2) is 11.6 Å². The Kier molecular flexibility index (Phi) is 3.79. The Morgan fingerprint density at radius 1 is 1.44 bits per heavy atom. The van der Waals surface area contributed by atoms with Crippen molar-refractivity contribution in [3.8, 4) is 0 Å². The zero-order valence-corrected chi connectivity index (χ0v) is 10.8. The minimum Gasteiger partial charge on any atom is -0.396 e. The van der Waals surface area contributed by atoms with E-state index >= 15 is 0 Å². The first kappa shape index (κ1) is 13.2. The number of rotatable bonds is 4. The van der Waals surface area contributed by atoms with Gasteiger partial charge in [0.1, 0.15) is 0 Å². The molecule has 0 atom stereocenters. The summed E-state index contributed by atoms with van der Waals surface area (Å²) in [5.41, 5.74) is 1.09. The Labute approximate surface area is 97.9 Å². The van der Waals surface area contributed by atoms with Gasteiger partial charge in [-0.2, -0.15) is 0 Å². The van der Waals surface area contributed by atoms with Crippen LogP contribution >= 0.6 is 0 Å². The molecule has 1 aliphatic rings. The summed E-state index contributed by atoms with van der Waals surface area (Å²) in [5, 5.41) is 12.0. The van der Waals surface area contributed by atoms with E-state index in [9.17, 15) is 4.79 Å². The average Bonchev–Trinajstić information content (AvgIpc) is 2.94. The molecule has 0 spiro atoms. The third-order valence-electron chi connectivity index (χ3n) is 3.46. The third kappa shape index (κ3) is 3.63. The molecule has 92 valence electrons. The van der Waals surface area contributed by atoms with E-state index in [2.05, 4.69) is 26.1 Å². The Morgan fingerprint density at radius 2 is 2.00 bits per heavy atom. The quantitative estimate of drug-likeness (QED) is 0.718. The molecular formula is C13H23NO2. The first-order valence-corrected chi connectivity index (χ1v) is 5.87. The first-order valence-electron chi connectivity index (χ1n) is 5.87. The largest absolute Gasteiger partial charge is 0.396 e. The molecule has 1 aliphatic carbocycles. The van der Waals surface area contributed by atoms with Gasteiger partial charge in [0.15, 0.2) is 0 Å². The van der Waals surface area contributed by atoms with E-state index in [0.29, 0.717) is 6.54 Å². The summed E-state index contributed by atoms with van der Waals surface area (Å²) in [7, 11) is 0. The summed E-state index contributed by atoms with van der Waals surface area (Å²) in [6, 6.07) is 0. The first-order chi connectivity index (χ1) is 7.29. The van der Waals surface area contributed by atoms with Crippen LogP contribution in [0.1, 0.15) is 40.5 Å². The lowest BCUT2D eigenvalue weighted by atomic mass is 9.87. The molecule has 0 radical (unpaired) electrons. The van der Waals surface area contributed by atoms with Crippen molar-refractivity contribution in [2.45, 2.75) is 40.5 Å². The van der Waals surface area contributed by atoms with Crippen molar-refractivity contribution in [2.24, 2.45) is 10.8 Å². The Bertz CT molecular complexity index is 296. The number of nitrogens with one attached hydrogen (secondary N) is 1. The fourth-order valence-electron chi connectivity index (χ4n) is 1.31. The highest BCUT2D eigenvalue weighted by Crippen LogP contribution is 2.44. The lowest BCUT2D eigenvalue weighted by Crippen LogP contribution is -2.31. The molecule has 3 nitrogen and oxygen atoms in total. The number of carbonyl (C=O) groups is 1. The smallest absolute Gasteiger partial charge is 0.243 e. The average molecular weight is 225 g/mol. The van der Waals surface area contributed by atoms with Crippen LogP contribution in [0.3, 0.4) is 0 Å². The minimum absolute atomic E-state index is 0.0147. The van der Waals surface area contributed by atoms with Crippen LogP contribution in [0.5, 0.6) is 0 Å². The monoisotopic (exact) mass is 225 g/mol. The van der Waals surface area contributed by atoms with Crippen LogP contribution in [0, 0.1) is 10.8 Å². The predicted octanol–water partition coefficient (Wildman–Crippen LogP) is 1.87. The predicted molar refractivity (Wildman–Crippen MR) is 65.0 cm³/mol. The normalized spacial score (nSPS) is 19.4. The number of hydrogen-bond donors (Lipinski definition) is 2. The highest BCUT2D eigenvalue weighted by atomic mass is 16.3. The number of carbonyl (C=O) groups excluding carboxylic acids is 1. The molecular weight excluding hydrogens is 202 g/mol. The van der Waals surface area contributed by atoms with Gasteiger partial charge in [0.2, 0.25) is 5.91 Å². The lowest BCUT2D eigenvalue weighted by Gasteiger charge is -2.19. The molecule has 0 bridgehead atoms. The van der Waals surface area contributed by atoms with E-state index in [1.54, 1.807) is 6.08 Å². The molecule has 1 saturated carbocycles. The second kappa shape index (κ2) is 4.58. The Hall–Kier alpha value is -0.830. The van der Waals surface area contributed by atoms with Gasteiger partial charge in [0.05, 0.1) is 6.61 Å². The maximum atomic E-state index is 11.6. The van der Waals surface area contributed by atoms with Crippen molar-refractivity contribution < 1.29 is 9.90 Å². The van der Waals surface area contributed by atoms with Crippen LogP contribution in [-0.2, 0) is 4.79 Å². The maximum absolute atomic E-state index is 11.6. The second-order valence-electron chi connectivity index (χ2n) is 5.95. The fraction of sp³-hybridized carbons (Fsp3) is 0.769. The number of allylic oxidation sites excluding steroid dienone is 1. The van der Waals surface area contributed by atoms with E-state index in [-0.39, 0.29) is 23.3 Å². The molecule has 0 heterocycles. The van der Waals surface area contributed by atoms with Crippen LogP contribution < -0.4 is 5.32 Å². The zero-order chi connectivity index (χ0) is 12.4. The lowest BCUT2D eigenvalue weighted by molar-refractivity contribution is -0.116. The number of amides is 1. The molecule has 0 aromatic carbocycles. The summed E-state index contributed by atoms with van der Waals surface area (Å²) < 4.78 is 0. The van der Waals surface area contributed by atoms with Crippen molar-refractivity contribution >= 4 is 5.91 Å². The van der Waals surface area contributed by atoms with Crippen LogP contribution in [0.2, 0.25) is 0 Å². The van der Waals surface area contributed by atoms with Gasteiger partial charge in [-0.3, -0.25) is 4.79 Å². The highest BCUT2D eigenvalue weighted by Gasteiger charge is 2.41. The van der Waals surface area contributed by atoms with Crippen LogP contribution in [0.4, 0.5) is 0 Å². The molecule has 1 amide bonds.